The summed E-state index contributed by atoms with van der Waals surface area (Å²) >= 11 is 13.0. The molecule has 1 heterocycles. The van der Waals surface area contributed by atoms with Crippen molar-refractivity contribution >= 4 is 40.9 Å². The van der Waals surface area contributed by atoms with Crippen LogP contribution in [0.1, 0.15) is 11.4 Å². The smallest absolute Gasteiger partial charge is 0.313 e. The van der Waals surface area contributed by atoms with Crippen LogP contribution in [0.2, 0.25) is 10.0 Å². The molecule has 5 nitrogen and oxygen atoms in total. The molecule has 20 heavy (non-hydrogen) atoms. The van der Waals surface area contributed by atoms with Crippen molar-refractivity contribution in [3.63, 3.8) is 0 Å². The molecule has 1 N–H and O–H groups in total. The quantitative estimate of drug-likeness (QED) is 0.853. The van der Waals surface area contributed by atoms with E-state index in [1.165, 1.54) is 0 Å². The van der Waals surface area contributed by atoms with E-state index in [1.54, 1.807) is 23.7 Å². The summed E-state index contributed by atoms with van der Waals surface area (Å²) in [4.78, 5) is 10.5. The number of aromatic nitrogens is 3. The second kappa shape index (κ2) is 6.47. The second-order valence-corrected chi connectivity index (χ2v) is 5.82. The molecule has 0 unspecified atom stereocenters. The molecule has 0 amide bonds. The summed E-state index contributed by atoms with van der Waals surface area (Å²) in [5.41, 5.74) is 0.963. The number of thioether (sulfide) groups is 1. The van der Waals surface area contributed by atoms with Crippen LogP contribution in [0.25, 0.3) is 0 Å². The van der Waals surface area contributed by atoms with Gasteiger partial charge in [-0.15, -0.1) is 10.2 Å². The Balaban J connectivity index is 2.13. The lowest BCUT2D eigenvalue weighted by molar-refractivity contribution is -0.133. The van der Waals surface area contributed by atoms with Gasteiger partial charge in [0.25, 0.3) is 0 Å². The zero-order valence-electron chi connectivity index (χ0n) is 10.5. The Morgan fingerprint density at radius 3 is 2.75 bits per heavy atom. The van der Waals surface area contributed by atoms with Crippen molar-refractivity contribution < 1.29 is 9.90 Å². The van der Waals surface area contributed by atoms with Gasteiger partial charge in [-0.2, -0.15) is 0 Å². The SMILES string of the molecule is Cn1c(Cc2ccc(Cl)c(Cl)c2)nnc1SCC(=O)O. The Labute approximate surface area is 129 Å². The highest BCUT2D eigenvalue weighted by molar-refractivity contribution is 7.99. The first-order valence-electron chi connectivity index (χ1n) is 5.64. The molecule has 0 aliphatic rings. The summed E-state index contributed by atoms with van der Waals surface area (Å²) < 4.78 is 1.77. The highest BCUT2D eigenvalue weighted by Crippen LogP contribution is 2.24. The average molecular weight is 332 g/mol. The van der Waals surface area contributed by atoms with Gasteiger partial charge in [-0.05, 0) is 17.7 Å². The van der Waals surface area contributed by atoms with E-state index in [0.29, 0.717) is 21.6 Å². The summed E-state index contributed by atoms with van der Waals surface area (Å²) in [6.07, 6.45) is 0.550. The van der Waals surface area contributed by atoms with Crippen LogP contribution in [0.5, 0.6) is 0 Å². The van der Waals surface area contributed by atoms with E-state index >= 15 is 0 Å². The van der Waals surface area contributed by atoms with Gasteiger partial charge in [0.1, 0.15) is 5.82 Å². The van der Waals surface area contributed by atoms with Gasteiger partial charge in [0.2, 0.25) is 0 Å². The molecule has 0 spiro atoms. The molecular weight excluding hydrogens is 321 g/mol. The van der Waals surface area contributed by atoms with E-state index in [1.807, 2.05) is 6.07 Å². The number of carboxylic acid groups (broad SMARTS) is 1. The second-order valence-electron chi connectivity index (χ2n) is 4.07. The van der Waals surface area contributed by atoms with E-state index in [-0.39, 0.29) is 5.75 Å². The van der Waals surface area contributed by atoms with Crippen LogP contribution < -0.4 is 0 Å². The molecule has 0 saturated carbocycles. The Kier molecular flexibility index (Phi) is 4.91. The summed E-state index contributed by atoms with van der Waals surface area (Å²) in [5, 5.41) is 18.3. The fraction of sp³-hybridized carbons (Fsp3) is 0.250. The minimum Gasteiger partial charge on any atom is -0.481 e. The third-order valence-corrected chi connectivity index (χ3v) is 4.34. The molecule has 2 aromatic rings. The third kappa shape index (κ3) is 3.65. The van der Waals surface area contributed by atoms with Crippen LogP contribution in [0.3, 0.4) is 0 Å². The van der Waals surface area contributed by atoms with Crippen molar-refractivity contribution in [2.24, 2.45) is 7.05 Å². The highest BCUT2D eigenvalue weighted by atomic mass is 35.5. The normalized spacial score (nSPS) is 10.8. The van der Waals surface area contributed by atoms with Gasteiger partial charge < -0.3 is 9.67 Å². The molecule has 0 aliphatic carbocycles. The number of hydrogen-bond acceptors (Lipinski definition) is 4. The van der Waals surface area contributed by atoms with Crippen LogP contribution in [0.15, 0.2) is 23.4 Å². The molecule has 8 heteroatoms. The van der Waals surface area contributed by atoms with Crippen LogP contribution in [-0.2, 0) is 18.3 Å². The minimum atomic E-state index is -0.885. The highest BCUT2D eigenvalue weighted by Gasteiger charge is 2.12. The van der Waals surface area contributed by atoms with E-state index in [0.717, 1.165) is 23.1 Å². The fourth-order valence-corrected chi connectivity index (χ4v) is 2.55. The molecule has 1 aromatic carbocycles. The van der Waals surface area contributed by atoms with E-state index < -0.39 is 5.97 Å². The molecule has 106 valence electrons. The fourth-order valence-electron chi connectivity index (χ4n) is 1.58. The van der Waals surface area contributed by atoms with Gasteiger partial charge in [0, 0.05) is 13.5 Å². The average Bonchev–Trinajstić information content (AvgIpc) is 2.73. The molecule has 0 radical (unpaired) electrons. The predicted molar refractivity (Wildman–Crippen MR) is 78.6 cm³/mol. The standard InChI is InChI=1S/C12H11Cl2N3O2S/c1-17-10(15-16-12(17)20-6-11(18)19)5-7-2-3-8(13)9(14)4-7/h2-4H,5-6H2,1H3,(H,18,19). The lowest BCUT2D eigenvalue weighted by atomic mass is 10.1. The molecule has 0 bridgehead atoms. The van der Waals surface area contributed by atoms with Crippen molar-refractivity contribution in [1.82, 2.24) is 14.8 Å². The zero-order valence-corrected chi connectivity index (χ0v) is 12.8. The molecule has 0 atom stereocenters. The van der Waals surface area contributed by atoms with Crippen molar-refractivity contribution in [1.29, 1.82) is 0 Å². The van der Waals surface area contributed by atoms with Crippen LogP contribution in [0, 0.1) is 0 Å². The van der Waals surface area contributed by atoms with Gasteiger partial charge in [-0.25, -0.2) is 0 Å². The Morgan fingerprint density at radius 2 is 2.10 bits per heavy atom. The maximum Gasteiger partial charge on any atom is 0.313 e. The lowest BCUT2D eigenvalue weighted by Gasteiger charge is -2.04. The maximum atomic E-state index is 10.5. The summed E-state index contributed by atoms with van der Waals surface area (Å²) in [6.45, 7) is 0. The van der Waals surface area contributed by atoms with Crippen molar-refractivity contribution in [2.75, 3.05) is 5.75 Å². The number of aliphatic carboxylic acids is 1. The molecule has 0 saturated heterocycles. The van der Waals surface area contributed by atoms with Crippen LogP contribution >= 0.6 is 35.0 Å². The topological polar surface area (TPSA) is 68.0 Å². The van der Waals surface area contributed by atoms with E-state index in [4.69, 9.17) is 28.3 Å². The van der Waals surface area contributed by atoms with Gasteiger partial charge in [-0.1, -0.05) is 41.0 Å². The Morgan fingerprint density at radius 1 is 1.35 bits per heavy atom. The number of carboxylic acids is 1. The molecule has 0 fully saturated rings. The van der Waals surface area contributed by atoms with Crippen molar-refractivity contribution in [2.45, 2.75) is 11.6 Å². The maximum absolute atomic E-state index is 10.5. The van der Waals surface area contributed by atoms with Gasteiger partial charge in [-0.3, -0.25) is 4.79 Å². The van der Waals surface area contributed by atoms with Gasteiger partial charge in [0.05, 0.1) is 15.8 Å². The van der Waals surface area contributed by atoms with Crippen LogP contribution in [0.4, 0.5) is 0 Å². The first-order valence-corrected chi connectivity index (χ1v) is 7.38. The first-order chi connectivity index (χ1) is 9.47. The minimum absolute atomic E-state index is 0.0429. The Bertz CT molecular complexity index is 646. The first kappa shape index (κ1) is 15.2. The summed E-state index contributed by atoms with van der Waals surface area (Å²) in [7, 11) is 1.80. The molecule has 2 rings (SSSR count). The largest absolute Gasteiger partial charge is 0.481 e. The van der Waals surface area contributed by atoms with Crippen LogP contribution in [-0.4, -0.2) is 31.6 Å². The van der Waals surface area contributed by atoms with Gasteiger partial charge in [0.15, 0.2) is 5.16 Å². The van der Waals surface area contributed by atoms with Gasteiger partial charge >= 0.3 is 5.97 Å². The number of rotatable bonds is 5. The molecular formula is C12H11Cl2N3O2S. The number of benzene rings is 1. The van der Waals surface area contributed by atoms with E-state index in [9.17, 15) is 4.79 Å². The number of nitrogens with zero attached hydrogens (tertiary/aromatic N) is 3. The number of carbonyl (C=O) groups is 1. The number of hydrogen-bond donors (Lipinski definition) is 1. The van der Waals surface area contributed by atoms with Crippen molar-refractivity contribution in [3.8, 4) is 0 Å². The Hall–Kier alpha value is -1.24. The predicted octanol–water partition coefficient (Wildman–Crippen LogP) is 2.89. The third-order valence-electron chi connectivity index (χ3n) is 2.60. The summed E-state index contributed by atoms with van der Waals surface area (Å²) in [6, 6.07) is 5.38. The lowest BCUT2D eigenvalue weighted by Crippen LogP contribution is -2.03. The van der Waals surface area contributed by atoms with Crippen molar-refractivity contribution in [3.05, 3.63) is 39.6 Å². The molecule has 0 aliphatic heterocycles. The molecule has 1 aromatic heterocycles. The monoisotopic (exact) mass is 331 g/mol. The zero-order chi connectivity index (χ0) is 14.7. The summed E-state index contributed by atoms with van der Waals surface area (Å²) in [5.74, 6) is -0.195. The van der Waals surface area contributed by atoms with E-state index in [2.05, 4.69) is 10.2 Å². The number of halogens is 2.